The van der Waals surface area contributed by atoms with Crippen molar-refractivity contribution < 1.29 is 19.1 Å². The van der Waals surface area contributed by atoms with Gasteiger partial charge in [0.2, 0.25) is 0 Å². The maximum absolute atomic E-state index is 11.8. The molecule has 4 nitrogen and oxygen atoms in total. The summed E-state index contributed by atoms with van der Waals surface area (Å²) < 4.78 is 11.2. The average Bonchev–Trinajstić information content (AvgIpc) is 2.92. The van der Waals surface area contributed by atoms with Crippen molar-refractivity contribution in [2.75, 3.05) is 0 Å². The van der Waals surface area contributed by atoms with Gasteiger partial charge >= 0.3 is 11.9 Å². The molecule has 3 fully saturated rings. The first-order chi connectivity index (χ1) is 12.3. The summed E-state index contributed by atoms with van der Waals surface area (Å²) in [6.07, 6.45) is 9.47. The Morgan fingerprint density at radius 3 is 2.73 bits per heavy atom. The first-order valence-electron chi connectivity index (χ1n) is 10.3. The monoisotopic (exact) mass is 360 g/mol. The maximum Gasteiger partial charge on any atom is 0.310 e. The number of carbonyl (C=O) groups is 2. The van der Waals surface area contributed by atoms with Crippen LogP contribution in [0.25, 0.3) is 0 Å². The summed E-state index contributed by atoms with van der Waals surface area (Å²) in [5.74, 6) is 3.12. The van der Waals surface area contributed by atoms with Crippen LogP contribution >= 0.6 is 0 Å². The SMILES string of the molecule is CC(=O)OC(C)[C@H]1CC[C@H]2[C@@H]3CC=C4OC(=O)CC[C@@]4(C)[C@@H]3CC[C@]12C. The molecule has 1 heterocycles. The molecule has 0 spiro atoms. The van der Waals surface area contributed by atoms with E-state index in [2.05, 4.69) is 26.8 Å². The maximum atomic E-state index is 11.8. The molecule has 0 amide bonds. The summed E-state index contributed by atoms with van der Waals surface area (Å²) in [5, 5.41) is 0. The van der Waals surface area contributed by atoms with Crippen LogP contribution in [0.4, 0.5) is 0 Å². The van der Waals surface area contributed by atoms with Crippen LogP contribution in [0.1, 0.15) is 72.6 Å². The van der Waals surface area contributed by atoms with Gasteiger partial charge in [-0.15, -0.1) is 0 Å². The van der Waals surface area contributed by atoms with Crippen molar-refractivity contribution in [3.63, 3.8) is 0 Å². The number of allylic oxidation sites excluding steroid dienone is 2. The number of hydrogen-bond donors (Lipinski definition) is 0. The van der Waals surface area contributed by atoms with Crippen molar-refractivity contribution in [3.05, 3.63) is 11.8 Å². The van der Waals surface area contributed by atoms with Crippen molar-refractivity contribution >= 4 is 11.9 Å². The van der Waals surface area contributed by atoms with E-state index in [0.717, 1.165) is 25.0 Å². The fourth-order valence-electron chi connectivity index (χ4n) is 7.22. The average molecular weight is 360 g/mol. The Bertz CT molecular complexity index is 653. The highest BCUT2D eigenvalue weighted by molar-refractivity contribution is 5.72. The minimum atomic E-state index is -0.167. The van der Waals surface area contributed by atoms with E-state index in [9.17, 15) is 9.59 Å². The Labute approximate surface area is 156 Å². The molecule has 1 aliphatic heterocycles. The summed E-state index contributed by atoms with van der Waals surface area (Å²) in [7, 11) is 0. The minimum Gasteiger partial charge on any atom is -0.463 e. The summed E-state index contributed by atoms with van der Waals surface area (Å²) in [6, 6.07) is 0. The summed E-state index contributed by atoms with van der Waals surface area (Å²) in [6.45, 7) is 8.35. The number of carbonyl (C=O) groups excluding carboxylic acids is 2. The molecule has 2 saturated carbocycles. The van der Waals surface area contributed by atoms with E-state index in [1.807, 2.05) is 0 Å². The van der Waals surface area contributed by atoms with Crippen molar-refractivity contribution in [2.24, 2.45) is 34.5 Å². The highest BCUT2D eigenvalue weighted by atomic mass is 16.5. The highest BCUT2D eigenvalue weighted by Gasteiger charge is 2.60. The van der Waals surface area contributed by atoms with E-state index in [0.29, 0.717) is 30.1 Å². The topological polar surface area (TPSA) is 52.6 Å². The number of fused-ring (bicyclic) bond motifs is 5. The van der Waals surface area contributed by atoms with E-state index in [1.165, 1.54) is 26.2 Å². The Balaban J connectivity index is 1.60. The zero-order chi connectivity index (χ0) is 18.7. The first kappa shape index (κ1) is 18.1. The zero-order valence-electron chi connectivity index (χ0n) is 16.5. The molecule has 0 aromatic heterocycles. The van der Waals surface area contributed by atoms with Crippen LogP contribution in [0.3, 0.4) is 0 Å². The number of hydrogen-bond acceptors (Lipinski definition) is 4. The molecule has 1 saturated heterocycles. The van der Waals surface area contributed by atoms with Crippen molar-refractivity contribution in [3.8, 4) is 0 Å². The van der Waals surface area contributed by atoms with Gasteiger partial charge in [-0.2, -0.15) is 0 Å². The normalized spacial score (nSPS) is 45.5. The van der Waals surface area contributed by atoms with Gasteiger partial charge in [-0.1, -0.05) is 13.8 Å². The van der Waals surface area contributed by atoms with Gasteiger partial charge in [-0.25, -0.2) is 0 Å². The quantitative estimate of drug-likeness (QED) is 0.674. The largest absolute Gasteiger partial charge is 0.463 e. The predicted octanol–water partition coefficient (Wildman–Crippen LogP) is 4.63. The molecule has 4 aliphatic rings. The molecule has 0 aromatic rings. The fourth-order valence-corrected chi connectivity index (χ4v) is 7.22. The van der Waals surface area contributed by atoms with Crippen molar-refractivity contribution in [1.29, 1.82) is 0 Å². The van der Waals surface area contributed by atoms with E-state index in [1.54, 1.807) is 0 Å². The van der Waals surface area contributed by atoms with Crippen LogP contribution in [0.2, 0.25) is 0 Å². The third-order valence-corrected chi connectivity index (χ3v) is 8.46. The molecule has 144 valence electrons. The lowest BCUT2D eigenvalue weighted by atomic mass is 9.49. The fraction of sp³-hybridized carbons (Fsp3) is 0.818. The van der Waals surface area contributed by atoms with Gasteiger partial charge < -0.3 is 9.47 Å². The third kappa shape index (κ3) is 2.55. The highest BCUT2D eigenvalue weighted by Crippen LogP contribution is 2.66. The Morgan fingerprint density at radius 2 is 2.00 bits per heavy atom. The van der Waals surface area contributed by atoms with Crippen LogP contribution < -0.4 is 0 Å². The molecule has 0 aromatic carbocycles. The van der Waals surface area contributed by atoms with Gasteiger partial charge in [-0.3, -0.25) is 9.59 Å². The van der Waals surface area contributed by atoms with Gasteiger partial charge in [-0.05, 0) is 74.7 Å². The smallest absolute Gasteiger partial charge is 0.310 e. The summed E-state index contributed by atoms with van der Waals surface area (Å²) >= 11 is 0. The van der Waals surface area contributed by atoms with Crippen molar-refractivity contribution in [2.45, 2.75) is 78.7 Å². The molecule has 3 aliphatic carbocycles. The van der Waals surface area contributed by atoms with E-state index in [4.69, 9.17) is 9.47 Å². The van der Waals surface area contributed by atoms with Gasteiger partial charge in [0.1, 0.15) is 11.9 Å². The van der Waals surface area contributed by atoms with Gasteiger partial charge in [0.15, 0.2) is 0 Å². The Kier molecular flexibility index (Phi) is 4.24. The second-order valence-electron chi connectivity index (χ2n) is 9.62. The second-order valence-corrected chi connectivity index (χ2v) is 9.62. The molecule has 1 unspecified atom stereocenters. The lowest BCUT2D eigenvalue weighted by molar-refractivity contribution is -0.156. The van der Waals surface area contributed by atoms with Crippen LogP contribution in [-0.2, 0) is 19.1 Å². The zero-order valence-corrected chi connectivity index (χ0v) is 16.5. The van der Waals surface area contributed by atoms with Gasteiger partial charge in [0, 0.05) is 24.7 Å². The van der Waals surface area contributed by atoms with E-state index >= 15 is 0 Å². The molecular formula is C22H32O4. The van der Waals surface area contributed by atoms with E-state index in [-0.39, 0.29) is 28.9 Å². The van der Waals surface area contributed by atoms with Crippen LogP contribution in [-0.4, -0.2) is 18.0 Å². The summed E-state index contributed by atoms with van der Waals surface area (Å²) in [4.78, 5) is 23.2. The van der Waals surface area contributed by atoms with Gasteiger partial charge in [0.25, 0.3) is 0 Å². The van der Waals surface area contributed by atoms with Crippen LogP contribution in [0.15, 0.2) is 11.8 Å². The molecule has 4 rings (SSSR count). The third-order valence-electron chi connectivity index (χ3n) is 8.46. The van der Waals surface area contributed by atoms with Crippen LogP contribution in [0, 0.1) is 34.5 Å². The molecule has 26 heavy (non-hydrogen) atoms. The lowest BCUT2D eigenvalue weighted by Gasteiger charge is -2.56. The Hall–Kier alpha value is -1.32. The predicted molar refractivity (Wildman–Crippen MR) is 97.9 cm³/mol. The molecule has 7 atom stereocenters. The molecule has 4 heteroatoms. The second kappa shape index (κ2) is 6.10. The minimum absolute atomic E-state index is 0.0000317. The Morgan fingerprint density at radius 1 is 1.23 bits per heavy atom. The van der Waals surface area contributed by atoms with E-state index < -0.39 is 0 Å². The number of rotatable bonds is 2. The molecule has 0 radical (unpaired) electrons. The van der Waals surface area contributed by atoms with Crippen molar-refractivity contribution in [1.82, 2.24) is 0 Å². The van der Waals surface area contributed by atoms with Gasteiger partial charge in [0.05, 0.1) is 0 Å². The molecular weight excluding hydrogens is 328 g/mol. The molecule has 0 N–H and O–H groups in total. The summed E-state index contributed by atoms with van der Waals surface area (Å²) in [5.41, 5.74) is 0.279. The van der Waals surface area contributed by atoms with Crippen LogP contribution in [0.5, 0.6) is 0 Å². The number of ether oxygens (including phenoxy) is 2. The standard InChI is InChI=1S/C22H32O4/c1-13(25-14(2)23)16-6-7-17-15-5-8-19-22(4,12-10-20(24)26-19)18(15)9-11-21(16,17)3/h8,13,15-18H,5-7,9-12H2,1-4H3/t13?,15-,16+,17-,18+,21+,22-/m0/s1. The number of esters is 2. The molecule has 0 bridgehead atoms. The lowest BCUT2D eigenvalue weighted by Crippen LogP contribution is -2.51. The first-order valence-corrected chi connectivity index (χ1v) is 10.3.